The van der Waals surface area contributed by atoms with Crippen molar-refractivity contribution < 1.29 is 9.53 Å². The Morgan fingerprint density at radius 3 is 3.00 bits per heavy atom. The SMILES string of the molecule is Cl.O=C(NC1CCOc2ccccc21)c1ccc2c(c1)CCN2. The highest BCUT2D eigenvalue weighted by Gasteiger charge is 2.23. The number of benzene rings is 2. The molecule has 0 saturated heterocycles. The summed E-state index contributed by atoms with van der Waals surface area (Å²) in [5.41, 5.74) is 4.16. The van der Waals surface area contributed by atoms with Crippen molar-refractivity contribution in [1.82, 2.24) is 5.32 Å². The van der Waals surface area contributed by atoms with Gasteiger partial charge in [0.2, 0.25) is 0 Å². The van der Waals surface area contributed by atoms with Crippen molar-refractivity contribution >= 4 is 24.0 Å². The Bertz CT molecular complexity index is 733. The van der Waals surface area contributed by atoms with Gasteiger partial charge in [-0.3, -0.25) is 4.79 Å². The lowest BCUT2D eigenvalue weighted by atomic mass is 10.00. The zero-order valence-corrected chi connectivity index (χ0v) is 13.5. The zero-order chi connectivity index (χ0) is 14.9. The maximum absolute atomic E-state index is 12.6. The Morgan fingerprint density at radius 2 is 2.09 bits per heavy atom. The molecule has 1 atom stereocenters. The van der Waals surface area contributed by atoms with E-state index in [1.54, 1.807) is 0 Å². The monoisotopic (exact) mass is 330 g/mol. The largest absolute Gasteiger partial charge is 0.493 e. The second kappa shape index (κ2) is 6.50. The minimum Gasteiger partial charge on any atom is -0.493 e. The van der Waals surface area contributed by atoms with Crippen molar-refractivity contribution in [2.24, 2.45) is 0 Å². The quantitative estimate of drug-likeness (QED) is 0.888. The number of ether oxygens (including phenoxy) is 1. The van der Waals surface area contributed by atoms with Crippen LogP contribution in [0.2, 0.25) is 0 Å². The maximum Gasteiger partial charge on any atom is 0.251 e. The number of para-hydroxylation sites is 1. The van der Waals surface area contributed by atoms with E-state index in [2.05, 4.69) is 10.6 Å². The Hall–Kier alpha value is -2.20. The highest BCUT2D eigenvalue weighted by molar-refractivity contribution is 5.95. The number of carbonyl (C=O) groups is 1. The number of amides is 1. The van der Waals surface area contributed by atoms with Gasteiger partial charge >= 0.3 is 0 Å². The highest BCUT2D eigenvalue weighted by Crippen LogP contribution is 2.32. The molecule has 120 valence electrons. The van der Waals surface area contributed by atoms with Gasteiger partial charge < -0.3 is 15.4 Å². The van der Waals surface area contributed by atoms with Crippen LogP contribution in [0.25, 0.3) is 0 Å². The van der Waals surface area contributed by atoms with Crippen LogP contribution in [0.1, 0.15) is 33.9 Å². The van der Waals surface area contributed by atoms with Crippen LogP contribution in [0.3, 0.4) is 0 Å². The molecule has 2 aromatic rings. The van der Waals surface area contributed by atoms with Crippen LogP contribution in [-0.2, 0) is 6.42 Å². The maximum atomic E-state index is 12.6. The number of hydrogen-bond acceptors (Lipinski definition) is 3. The molecule has 2 aromatic carbocycles. The van der Waals surface area contributed by atoms with Crippen molar-refractivity contribution in [3.63, 3.8) is 0 Å². The molecule has 1 amide bonds. The minimum atomic E-state index is -0.0172. The first kappa shape index (κ1) is 15.7. The van der Waals surface area contributed by atoms with Gasteiger partial charge in [0.25, 0.3) is 5.91 Å². The Kier molecular flexibility index (Phi) is 4.44. The molecule has 23 heavy (non-hydrogen) atoms. The number of halogens is 1. The van der Waals surface area contributed by atoms with Crippen LogP contribution in [0, 0.1) is 0 Å². The van der Waals surface area contributed by atoms with Crippen molar-refractivity contribution in [3.8, 4) is 5.75 Å². The van der Waals surface area contributed by atoms with E-state index in [1.807, 2.05) is 42.5 Å². The van der Waals surface area contributed by atoms with Crippen LogP contribution in [0.15, 0.2) is 42.5 Å². The summed E-state index contributed by atoms with van der Waals surface area (Å²) in [6, 6.07) is 13.8. The van der Waals surface area contributed by atoms with Crippen molar-refractivity contribution in [3.05, 3.63) is 59.2 Å². The van der Waals surface area contributed by atoms with Crippen LogP contribution in [0.5, 0.6) is 5.75 Å². The molecule has 0 spiro atoms. The van der Waals surface area contributed by atoms with Gasteiger partial charge in [-0.1, -0.05) is 18.2 Å². The average molecular weight is 331 g/mol. The summed E-state index contributed by atoms with van der Waals surface area (Å²) in [6.45, 7) is 1.59. The molecule has 2 aliphatic heterocycles. The van der Waals surface area contributed by atoms with Crippen LogP contribution in [-0.4, -0.2) is 19.1 Å². The molecule has 2 heterocycles. The van der Waals surface area contributed by atoms with E-state index in [4.69, 9.17) is 4.74 Å². The van der Waals surface area contributed by atoms with Gasteiger partial charge in [0, 0.05) is 29.8 Å². The highest BCUT2D eigenvalue weighted by atomic mass is 35.5. The third-order valence-corrected chi connectivity index (χ3v) is 4.34. The van der Waals surface area contributed by atoms with E-state index >= 15 is 0 Å². The summed E-state index contributed by atoms with van der Waals surface area (Å²) < 4.78 is 5.64. The molecule has 4 rings (SSSR count). The summed E-state index contributed by atoms with van der Waals surface area (Å²) in [5, 5.41) is 6.46. The fraction of sp³-hybridized carbons (Fsp3) is 0.278. The third kappa shape index (κ3) is 2.99. The van der Waals surface area contributed by atoms with E-state index in [1.165, 1.54) is 5.56 Å². The molecule has 0 aliphatic carbocycles. The summed E-state index contributed by atoms with van der Waals surface area (Å²) in [4.78, 5) is 12.6. The lowest BCUT2D eigenvalue weighted by molar-refractivity contribution is 0.0924. The second-order valence-electron chi connectivity index (χ2n) is 5.75. The first-order valence-corrected chi connectivity index (χ1v) is 7.71. The Morgan fingerprint density at radius 1 is 1.22 bits per heavy atom. The van der Waals surface area contributed by atoms with Gasteiger partial charge in [-0.25, -0.2) is 0 Å². The first-order chi connectivity index (χ1) is 10.8. The van der Waals surface area contributed by atoms with Crippen LogP contribution in [0.4, 0.5) is 5.69 Å². The number of carbonyl (C=O) groups excluding carboxylic acids is 1. The van der Waals surface area contributed by atoms with E-state index in [-0.39, 0.29) is 24.4 Å². The van der Waals surface area contributed by atoms with E-state index in [0.29, 0.717) is 6.61 Å². The molecule has 4 nitrogen and oxygen atoms in total. The van der Waals surface area contributed by atoms with Gasteiger partial charge in [-0.15, -0.1) is 12.4 Å². The fourth-order valence-corrected chi connectivity index (χ4v) is 3.18. The fourth-order valence-electron chi connectivity index (χ4n) is 3.18. The lowest BCUT2D eigenvalue weighted by Gasteiger charge is -2.26. The molecule has 2 aliphatic rings. The second-order valence-corrected chi connectivity index (χ2v) is 5.75. The minimum absolute atomic E-state index is 0. The van der Waals surface area contributed by atoms with E-state index < -0.39 is 0 Å². The molecule has 0 aromatic heterocycles. The first-order valence-electron chi connectivity index (χ1n) is 7.71. The van der Waals surface area contributed by atoms with Crippen molar-refractivity contribution in [2.45, 2.75) is 18.9 Å². The molecular formula is C18H19ClN2O2. The molecule has 0 saturated carbocycles. The number of fused-ring (bicyclic) bond motifs is 2. The molecule has 0 fully saturated rings. The van der Waals surface area contributed by atoms with Gasteiger partial charge in [0.15, 0.2) is 0 Å². The van der Waals surface area contributed by atoms with Gasteiger partial charge in [0.1, 0.15) is 5.75 Å². The van der Waals surface area contributed by atoms with Gasteiger partial charge in [0.05, 0.1) is 12.6 Å². The third-order valence-electron chi connectivity index (χ3n) is 4.34. The summed E-state index contributed by atoms with van der Waals surface area (Å²) >= 11 is 0. The molecule has 0 bridgehead atoms. The predicted molar refractivity (Wildman–Crippen MR) is 92.6 cm³/mol. The standard InChI is InChI=1S/C18H18N2O2.ClH/c21-18(13-5-6-15-12(11-13)7-9-19-15)20-16-8-10-22-17-4-2-1-3-14(16)17;/h1-6,11,16,19H,7-10H2,(H,20,21);1H. The molecule has 0 radical (unpaired) electrons. The van der Waals surface area contributed by atoms with Crippen molar-refractivity contribution in [2.75, 3.05) is 18.5 Å². The Balaban J connectivity index is 0.00000156. The zero-order valence-electron chi connectivity index (χ0n) is 12.7. The number of hydrogen-bond donors (Lipinski definition) is 2. The number of anilines is 1. The number of rotatable bonds is 2. The predicted octanol–water partition coefficient (Wildman–Crippen LogP) is 3.33. The normalized spacial score (nSPS) is 17.8. The lowest BCUT2D eigenvalue weighted by Crippen LogP contribution is -2.32. The van der Waals surface area contributed by atoms with Crippen LogP contribution >= 0.6 is 12.4 Å². The topological polar surface area (TPSA) is 50.4 Å². The average Bonchev–Trinajstić information content (AvgIpc) is 3.02. The van der Waals surface area contributed by atoms with Crippen LogP contribution < -0.4 is 15.4 Å². The molecule has 5 heteroatoms. The molecule has 1 unspecified atom stereocenters. The van der Waals surface area contributed by atoms with Gasteiger partial charge in [-0.05, 0) is 36.2 Å². The van der Waals surface area contributed by atoms with E-state index in [0.717, 1.165) is 42.0 Å². The smallest absolute Gasteiger partial charge is 0.251 e. The summed E-state index contributed by atoms with van der Waals surface area (Å²) in [5.74, 6) is 0.855. The summed E-state index contributed by atoms with van der Waals surface area (Å²) in [6.07, 6.45) is 1.78. The van der Waals surface area contributed by atoms with Gasteiger partial charge in [-0.2, -0.15) is 0 Å². The van der Waals surface area contributed by atoms with Crippen molar-refractivity contribution in [1.29, 1.82) is 0 Å². The molecule has 2 N–H and O–H groups in total. The molecular weight excluding hydrogens is 312 g/mol. The summed E-state index contributed by atoms with van der Waals surface area (Å²) in [7, 11) is 0. The number of nitrogens with one attached hydrogen (secondary N) is 2. The van der Waals surface area contributed by atoms with E-state index in [9.17, 15) is 4.79 Å². The Labute approximate surface area is 141 Å².